The molecule has 1 fully saturated rings. The second-order valence-corrected chi connectivity index (χ2v) is 8.00. The van der Waals surface area contributed by atoms with Crippen molar-refractivity contribution < 1.29 is 19.1 Å². The molecule has 0 radical (unpaired) electrons. The molecular weight excluding hydrogens is 408 g/mol. The largest absolute Gasteiger partial charge is 0.492 e. The van der Waals surface area contributed by atoms with Gasteiger partial charge in [-0.05, 0) is 55.8 Å². The van der Waals surface area contributed by atoms with E-state index in [1.807, 2.05) is 47.0 Å². The van der Waals surface area contributed by atoms with Gasteiger partial charge >= 0.3 is 0 Å². The van der Waals surface area contributed by atoms with Gasteiger partial charge in [0.05, 0.1) is 18.3 Å². The Morgan fingerprint density at radius 2 is 2.19 bits per heavy atom. The van der Waals surface area contributed by atoms with Crippen LogP contribution in [0.15, 0.2) is 64.6 Å². The number of hydrogen-bond acceptors (Lipinski definition) is 7. The van der Waals surface area contributed by atoms with E-state index < -0.39 is 0 Å². The summed E-state index contributed by atoms with van der Waals surface area (Å²) in [6.45, 7) is 3.26. The lowest BCUT2D eigenvalue weighted by atomic mass is 10.2. The van der Waals surface area contributed by atoms with Crippen LogP contribution in [-0.2, 0) is 4.74 Å². The third-order valence-electron chi connectivity index (χ3n) is 6.00. The molecule has 5 rings (SSSR count). The summed E-state index contributed by atoms with van der Waals surface area (Å²) in [5.41, 5.74) is 2.27. The van der Waals surface area contributed by atoms with E-state index in [1.165, 1.54) is 12.8 Å². The molecule has 1 aromatic carbocycles. The molecule has 3 aromatic heterocycles. The van der Waals surface area contributed by atoms with E-state index in [0.29, 0.717) is 46.2 Å². The van der Waals surface area contributed by atoms with Gasteiger partial charge < -0.3 is 23.5 Å². The zero-order valence-corrected chi connectivity index (χ0v) is 18.0. The van der Waals surface area contributed by atoms with Gasteiger partial charge in [0, 0.05) is 37.5 Å². The summed E-state index contributed by atoms with van der Waals surface area (Å²) in [5.74, 6) is 1.24. The van der Waals surface area contributed by atoms with Crippen molar-refractivity contribution in [2.24, 2.45) is 5.16 Å². The van der Waals surface area contributed by atoms with E-state index in [9.17, 15) is 5.21 Å². The Morgan fingerprint density at radius 1 is 1.25 bits per heavy atom. The standard InChI is InChI=1S/C24H26N4O4/c1-30-15-18-5-3-8-27(18)10-11-31-19-6-7-23-20(13-19)21(26-29)14-24(32-23)22-12-17-4-2-9-28(17)16-25-22/h2,4,6-7,9,12-14,16,18,29H,3,5,8,10-11,15H2,1H3/b26-21-/t18-/m0/s1. The fourth-order valence-corrected chi connectivity index (χ4v) is 4.37. The molecule has 1 atom stereocenters. The number of aromatic nitrogens is 2. The van der Waals surface area contributed by atoms with Gasteiger partial charge in [0.2, 0.25) is 0 Å². The van der Waals surface area contributed by atoms with Crippen molar-refractivity contribution in [3.05, 3.63) is 60.3 Å². The summed E-state index contributed by atoms with van der Waals surface area (Å²) in [7, 11) is 1.75. The quantitative estimate of drug-likeness (QED) is 0.354. The highest BCUT2D eigenvalue weighted by molar-refractivity contribution is 5.80. The van der Waals surface area contributed by atoms with Crippen LogP contribution in [0.2, 0.25) is 0 Å². The number of nitrogens with zero attached hydrogens (tertiary/aromatic N) is 4. The maximum Gasteiger partial charge on any atom is 0.155 e. The molecule has 1 saturated heterocycles. The van der Waals surface area contributed by atoms with Gasteiger partial charge in [0.25, 0.3) is 0 Å². The Labute approximate surface area is 185 Å². The van der Waals surface area contributed by atoms with Crippen LogP contribution in [0, 0.1) is 0 Å². The van der Waals surface area contributed by atoms with Gasteiger partial charge in [-0.2, -0.15) is 0 Å². The van der Waals surface area contributed by atoms with E-state index in [-0.39, 0.29) is 0 Å². The normalized spacial score (nSPS) is 17.5. The lowest BCUT2D eigenvalue weighted by Gasteiger charge is -2.23. The predicted molar refractivity (Wildman–Crippen MR) is 120 cm³/mol. The molecular formula is C24H26N4O4. The summed E-state index contributed by atoms with van der Waals surface area (Å²) < 4.78 is 19.3. The minimum Gasteiger partial charge on any atom is -0.492 e. The second kappa shape index (κ2) is 9.02. The van der Waals surface area contributed by atoms with Crippen LogP contribution in [0.1, 0.15) is 12.8 Å². The van der Waals surface area contributed by atoms with E-state index in [4.69, 9.17) is 13.9 Å². The number of benzene rings is 1. The first-order valence-corrected chi connectivity index (χ1v) is 10.8. The molecule has 166 valence electrons. The lowest BCUT2D eigenvalue weighted by Crippen LogP contribution is -2.35. The summed E-state index contributed by atoms with van der Waals surface area (Å²) in [6.07, 6.45) is 6.03. The maximum absolute atomic E-state index is 9.64. The van der Waals surface area contributed by atoms with E-state index >= 15 is 0 Å². The van der Waals surface area contributed by atoms with Crippen LogP contribution in [0.3, 0.4) is 0 Å². The molecule has 0 bridgehead atoms. The third-order valence-corrected chi connectivity index (χ3v) is 6.00. The summed E-state index contributed by atoms with van der Waals surface area (Å²) in [5, 5.41) is 14.2. The summed E-state index contributed by atoms with van der Waals surface area (Å²) in [4.78, 5) is 6.87. The van der Waals surface area contributed by atoms with E-state index in [2.05, 4.69) is 15.0 Å². The van der Waals surface area contributed by atoms with Crippen molar-refractivity contribution in [2.75, 3.05) is 33.4 Å². The Hall–Kier alpha value is -3.36. The average molecular weight is 434 g/mol. The first-order chi connectivity index (χ1) is 15.7. The minimum absolute atomic E-state index is 0.406. The smallest absolute Gasteiger partial charge is 0.155 e. The molecule has 1 aliphatic rings. The van der Waals surface area contributed by atoms with Crippen LogP contribution >= 0.6 is 0 Å². The van der Waals surface area contributed by atoms with Gasteiger partial charge in [-0.25, -0.2) is 4.98 Å². The zero-order valence-electron chi connectivity index (χ0n) is 18.0. The molecule has 4 heterocycles. The number of methoxy groups -OCH3 is 1. The highest BCUT2D eigenvalue weighted by Crippen LogP contribution is 2.25. The van der Waals surface area contributed by atoms with E-state index in [1.54, 1.807) is 19.5 Å². The number of ether oxygens (including phenoxy) is 2. The molecule has 32 heavy (non-hydrogen) atoms. The second-order valence-electron chi connectivity index (χ2n) is 8.00. The Kier molecular flexibility index (Phi) is 5.79. The Balaban J connectivity index is 1.36. The fraction of sp³-hybridized carbons (Fsp3) is 0.333. The highest BCUT2D eigenvalue weighted by atomic mass is 16.5. The molecule has 8 heteroatoms. The molecule has 1 N–H and O–H groups in total. The monoisotopic (exact) mass is 434 g/mol. The molecule has 0 spiro atoms. The SMILES string of the molecule is COC[C@@H]1CCCN1CCOc1ccc2oc(-c3cc4cccn4cn3)c/c(=N/O)c2c1. The fourth-order valence-electron chi connectivity index (χ4n) is 4.37. The van der Waals surface area contributed by atoms with Crippen molar-refractivity contribution in [1.82, 2.24) is 14.3 Å². The minimum atomic E-state index is 0.406. The summed E-state index contributed by atoms with van der Waals surface area (Å²) in [6, 6.07) is 13.6. The zero-order chi connectivity index (χ0) is 21.9. The number of fused-ring (bicyclic) bond motifs is 2. The molecule has 1 aliphatic heterocycles. The number of likely N-dealkylation sites (tertiary alicyclic amines) is 1. The Morgan fingerprint density at radius 3 is 3.06 bits per heavy atom. The van der Waals surface area contributed by atoms with Crippen LogP contribution in [-0.4, -0.2) is 58.9 Å². The lowest BCUT2D eigenvalue weighted by molar-refractivity contribution is 0.105. The first kappa shape index (κ1) is 20.5. The number of rotatable bonds is 7. The van der Waals surface area contributed by atoms with Crippen molar-refractivity contribution in [2.45, 2.75) is 18.9 Å². The first-order valence-electron chi connectivity index (χ1n) is 10.8. The van der Waals surface area contributed by atoms with E-state index in [0.717, 1.165) is 25.2 Å². The molecule has 0 saturated carbocycles. The third kappa shape index (κ3) is 4.06. The predicted octanol–water partition coefficient (Wildman–Crippen LogP) is 3.53. The summed E-state index contributed by atoms with van der Waals surface area (Å²) >= 11 is 0. The topological polar surface area (TPSA) is 84.7 Å². The molecule has 4 aromatic rings. The Bertz CT molecular complexity index is 1300. The maximum atomic E-state index is 9.64. The van der Waals surface area contributed by atoms with Gasteiger partial charge in [0.15, 0.2) is 5.76 Å². The van der Waals surface area contributed by atoms with Crippen molar-refractivity contribution in [3.8, 4) is 17.2 Å². The highest BCUT2D eigenvalue weighted by Gasteiger charge is 2.23. The van der Waals surface area contributed by atoms with Gasteiger partial charge in [-0.1, -0.05) is 5.16 Å². The van der Waals surface area contributed by atoms with Gasteiger partial charge in [0.1, 0.15) is 29.0 Å². The van der Waals surface area contributed by atoms with Crippen LogP contribution < -0.4 is 10.1 Å². The molecule has 0 aliphatic carbocycles. The van der Waals surface area contributed by atoms with Crippen LogP contribution in [0.4, 0.5) is 0 Å². The van der Waals surface area contributed by atoms with Gasteiger partial charge in [-0.3, -0.25) is 4.90 Å². The van der Waals surface area contributed by atoms with Crippen molar-refractivity contribution in [3.63, 3.8) is 0 Å². The average Bonchev–Trinajstić information content (AvgIpc) is 3.47. The number of hydrogen-bond donors (Lipinski definition) is 1. The van der Waals surface area contributed by atoms with Crippen molar-refractivity contribution in [1.29, 1.82) is 0 Å². The molecule has 0 amide bonds. The van der Waals surface area contributed by atoms with Gasteiger partial charge in [-0.15, -0.1) is 0 Å². The van der Waals surface area contributed by atoms with Crippen LogP contribution in [0.25, 0.3) is 27.9 Å². The molecule has 8 nitrogen and oxygen atoms in total. The molecule has 0 unspecified atom stereocenters. The van der Waals surface area contributed by atoms with Crippen molar-refractivity contribution >= 4 is 16.5 Å². The van der Waals surface area contributed by atoms with Crippen LogP contribution in [0.5, 0.6) is 5.75 Å².